The predicted molar refractivity (Wildman–Crippen MR) is 149 cm³/mol. The van der Waals surface area contributed by atoms with Crippen LogP contribution in [-0.4, -0.2) is 167 Å². The number of rotatable bonds is 14. The Balaban J connectivity index is 1.81. The quantitative estimate of drug-likeness (QED) is 0.0799. The lowest BCUT2D eigenvalue weighted by molar-refractivity contribution is -0.333. The molecule has 0 amide bonds. The normalized spacial score (nSPS) is 44.7. The molecule has 0 spiro atoms. The van der Waals surface area contributed by atoms with Crippen LogP contribution in [0.1, 0.15) is 26.2 Å². The Kier molecular flexibility index (Phi) is 13.6. The zero-order chi connectivity index (χ0) is 32.1. The molecule has 1 aliphatic carbocycles. The standard InChI is InChI=1S/C26H51N5O12/c1-26(39)10-40-24(20(38)23(26)30-2)42-21-11(7-13(32)14(33)8-28)6-12(29)22(19(21)37)43-25-18(36)17(35)16(34)15(41-25)9-31-5-3-4-27/h11-12,14-25,30-31,33-39H,3-10,27-29H2,1-2H3/t11-,12-,14-,15+,16+,17-,18+,19+,20+,21-,22?,23+,24+,25+,26-/m0/s1. The highest BCUT2D eigenvalue weighted by atomic mass is 16.7. The van der Waals surface area contributed by atoms with Gasteiger partial charge in [0, 0.05) is 25.6 Å². The first-order valence-electron chi connectivity index (χ1n) is 14.7. The average Bonchev–Trinajstić information content (AvgIpc) is 2.96. The summed E-state index contributed by atoms with van der Waals surface area (Å²) in [5.41, 5.74) is 15.9. The summed E-state index contributed by atoms with van der Waals surface area (Å²) in [6.45, 7) is 2.02. The number of hydrogen-bond acceptors (Lipinski definition) is 17. The third-order valence-electron chi connectivity index (χ3n) is 8.49. The minimum Gasteiger partial charge on any atom is -0.388 e. The fraction of sp³-hybridized carbons (Fsp3) is 0.962. The van der Waals surface area contributed by atoms with Gasteiger partial charge in [-0.15, -0.1) is 0 Å². The van der Waals surface area contributed by atoms with Crippen molar-refractivity contribution in [2.45, 2.75) is 111 Å². The Morgan fingerprint density at radius 2 is 1.70 bits per heavy atom. The first-order valence-corrected chi connectivity index (χ1v) is 14.7. The van der Waals surface area contributed by atoms with Crippen LogP contribution in [0.5, 0.6) is 0 Å². The number of nitrogens with two attached hydrogens (primary N) is 3. The number of carbonyl (C=O) groups is 1. The Labute approximate surface area is 250 Å². The first kappa shape index (κ1) is 36.5. The van der Waals surface area contributed by atoms with Crippen molar-refractivity contribution in [3.05, 3.63) is 0 Å². The van der Waals surface area contributed by atoms with E-state index in [-0.39, 0.29) is 32.5 Å². The molecule has 3 aliphatic rings. The second kappa shape index (κ2) is 16.0. The van der Waals surface area contributed by atoms with E-state index >= 15 is 0 Å². The number of hydrogen-bond donors (Lipinski definition) is 12. The van der Waals surface area contributed by atoms with Gasteiger partial charge in [-0.25, -0.2) is 0 Å². The molecular weight excluding hydrogens is 574 g/mol. The van der Waals surface area contributed by atoms with Crippen molar-refractivity contribution in [1.82, 2.24) is 10.6 Å². The minimum absolute atomic E-state index is 0.0312. The fourth-order valence-electron chi connectivity index (χ4n) is 5.98. The summed E-state index contributed by atoms with van der Waals surface area (Å²) in [7, 11) is 1.54. The molecule has 0 radical (unpaired) electrons. The van der Waals surface area contributed by atoms with E-state index in [2.05, 4.69) is 10.6 Å². The molecule has 17 nitrogen and oxygen atoms in total. The summed E-state index contributed by atoms with van der Waals surface area (Å²) in [5.74, 6) is -1.39. The fourth-order valence-corrected chi connectivity index (χ4v) is 5.98. The zero-order valence-electron chi connectivity index (χ0n) is 24.6. The molecule has 2 heterocycles. The molecule has 3 rings (SSSR count). The molecule has 252 valence electrons. The highest BCUT2D eigenvalue weighted by Crippen LogP contribution is 2.36. The predicted octanol–water partition coefficient (Wildman–Crippen LogP) is -6.45. The lowest BCUT2D eigenvalue weighted by atomic mass is 9.76. The summed E-state index contributed by atoms with van der Waals surface area (Å²) >= 11 is 0. The van der Waals surface area contributed by atoms with Crippen LogP contribution < -0.4 is 27.8 Å². The SMILES string of the molecule is CN[C@@H]1[C@@H](O)[C@@H](O[C@H]2[C@H](CC(=O)[C@@H](O)CN)C[C@H](N)C(O[C@H]3O[C@H](CNCCCN)[C@@H](O)[C@H](O)[C@H]3O)[C@@H]2O)OC[C@]1(C)O. The van der Waals surface area contributed by atoms with Crippen molar-refractivity contribution in [2.24, 2.45) is 23.1 Å². The van der Waals surface area contributed by atoms with E-state index in [9.17, 15) is 40.5 Å². The third kappa shape index (κ3) is 8.64. The molecule has 0 bridgehead atoms. The van der Waals surface area contributed by atoms with Gasteiger partial charge < -0.3 is 82.5 Å². The van der Waals surface area contributed by atoms with Gasteiger partial charge in [0.1, 0.15) is 54.4 Å². The molecule has 2 aliphatic heterocycles. The van der Waals surface area contributed by atoms with E-state index in [0.29, 0.717) is 19.5 Å². The van der Waals surface area contributed by atoms with Gasteiger partial charge in [-0.1, -0.05) is 0 Å². The van der Waals surface area contributed by atoms with Crippen LogP contribution in [0.3, 0.4) is 0 Å². The van der Waals surface area contributed by atoms with Gasteiger partial charge in [-0.2, -0.15) is 0 Å². The maximum Gasteiger partial charge on any atom is 0.187 e. The summed E-state index contributed by atoms with van der Waals surface area (Å²) in [6.07, 6.45) is -15.1. The maximum absolute atomic E-state index is 12.6. The van der Waals surface area contributed by atoms with Gasteiger partial charge in [0.15, 0.2) is 18.4 Å². The minimum atomic E-state index is -1.70. The number of Topliss-reactive ketones (excluding diaryl/α,β-unsaturated/α-hetero) is 1. The van der Waals surface area contributed by atoms with E-state index in [1.807, 2.05) is 0 Å². The molecule has 15 N–H and O–H groups in total. The second-order valence-electron chi connectivity index (χ2n) is 11.9. The highest BCUT2D eigenvalue weighted by Gasteiger charge is 2.53. The van der Waals surface area contributed by atoms with Crippen LogP contribution in [0.25, 0.3) is 0 Å². The Hall–Kier alpha value is -0.970. The summed E-state index contributed by atoms with van der Waals surface area (Å²) in [6, 6.07) is -1.80. The van der Waals surface area contributed by atoms with Gasteiger partial charge in [0.05, 0.1) is 18.8 Å². The van der Waals surface area contributed by atoms with Crippen molar-refractivity contribution in [3.63, 3.8) is 0 Å². The Morgan fingerprint density at radius 1 is 1.02 bits per heavy atom. The number of nitrogens with one attached hydrogen (secondary N) is 2. The largest absolute Gasteiger partial charge is 0.388 e. The molecule has 43 heavy (non-hydrogen) atoms. The number of aliphatic hydroxyl groups excluding tert-OH is 6. The van der Waals surface area contributed by atoms with Gasteiger partial charge in [-0.3, -0.25) is 4.79 Å². The summed E-state index contributed by atoms with van der Waals surface area (Å²) in [4.78, 5) is 12.6. The average molecular weight is 626 g/mol. The molecule has 1 saturated carbocycles. The molecule has 17 heteroatoms. The molecule has 2 saturated heterocycles. The molecule has 0 aromatic heterocycles. The topological polar surface area (TPSA) is 298 Å². The summed E-state index contributed by atoms with van der Waals surface area (Å²) < 4.78 is 23.3. The van der Waals surface area contributed by atoms with Crippen LogP contribution >= 0.6 is 0 Å². The lowest BCUT2D eigenvalue weighted by Gasteiger charge is -2.49. The van der Waals surface area contributed by atoms with E-state index < -0.39 is 96.9 Å². The van der Waals surface area contributed by atoms with E-state index in [1.54, 1.807) is 7.05 Å². The van der Waals surface area contributed by atoms with Crippen LogP contribution in [0.2, 0.25) is 0 Å². The second-order valence-corrected chi connectivity index (χ2v) is 11.9. The van der Waals surface area contributed by atoms with Gasteiger partial charge in [-0.05, 0) is 45.8 Å². The van der Waals surface area contributed by atoms with Crippen molar-refractivity contribution in [3.8, 4) is 0 Å². The zero-order valence-corrected chi connectivity index (χ0v) is 24.6. The Bertz CT molecular complexity index is 876. The number of ketones is 1. The summed E-state index contributed by atoms with van der Waals surface area (Å²) in [5, 5.41) is 80.5. The number of aliphatic hydroxyl groups is 7. The lowest BCUT2D eigenvalue weighted by Crippen LogP contribution is -2.67. The third-order valence-corrected chi connectivity index (χ3v) is 8.49. The number of likely N-dealkylation sites (N-methyl/N-ethyl adjacent to an activating group) is 1. The van der Waals surface area contributed by atoms with Crippen molar-refractivity contribution < 1.29 is 59.5 Å². The van der Waals surface area contributed by atoms with E-state index in [4.69, 9.17) is 36.1 Å². The van der Waals surface area contributed by atoms with E-state index in [0.717, 1.165) is 0 Å². The monoisotopic (exact) mass is 625 g/mol. The van der Waals surface area contributed by atoms with Crippen molar-refractivity contribution in [2.75, 3.05) is 39.8 Å². The Morgan fingerprint density at radius 3 is 2.33 bits per heavy atom. The van der Waals surface area contributed by atoms with E-state index in [1.165, 1.54) is 6.92 Å². The van der Waals surface area contributed by atoms with Gasteiger partial charge in [0.2, 0.25) is 0 Å². The smallest absolute Gasteiger partial charge is 0.187 e. The van der Waals surface area contributed by atoms with Gasteiger partial charge >= 0.3 is 0 Å². The molecule has 1 unspecified atom stereocenters. The van der Waals surface area contributed by atoms with Crippen LogP contribution in [0.4, 0.5) is 0 Å². The first-order chi connectivity index (χ1) is 20.3. The molecule has 0 aromatic rings. The maximum atomic E-state index is 12.6. The van der Waals surface area contributed by atoms with Gasteiger partial charge in [0.25, 0.3) is 0 Å². The van der Waals surface area contributed by atoms with Crippen molar-refractivity contribution >= 4 is 5.78 Å². The van der Waals surface area contributed by atoms with Crippen LogP contribution in [0.15, 0.2) is 0 Å². The number of carbonyl (C=O) groups excluding carboxylic acids is 1. The number of ether oxygens (including phenoxy) is 4. The molecule has 3 fully saturated rings. The molecule has 0 aromatic carbocycles. The van der Waals surface area contributed by atoms with Crippen molar-refractivity contribution in [1.29, 1.82) is 0 Å². The molecule has 15 atom stereocenters. The van der Waals surface area contributed by atoms with Crippen LogP contribution in [-0.2, 0) is 23.7 Å². The molecular formula is C26H51N5O12. The highest BCUT2D eigenvalue weighted by molar-refractivity contribution is 5.83. The van der Waals surface area contributed by atoms with Crippen LogP contribution in [0, 0.1) is 5.92 Å².